The first-order valence-corrected chi connectivity index (χ1v) is 5.69. The van der Waals surface area contributed by atoms with Crippen molar-refractivity contribution in [3.63, 3.8) is 0 Å². The maximum atomic E-state index is 9.41. The van der Waals surface area contributed by atoms with Crippen molar-refractivity contribution in [1.82, 2.24) is 0 Å². The van der Waals surface area contributed by atoms with Gasteiger partial charge in [-0.05, 0) is 43.9 Å². The van der Waals surface area contributed by atoms with E-state index in [1.807, 2.05) is 12.1 Å². The van der Waals surface area contributed by atoms with Gasteiger partial charge in [0.05, 0.1) is 6.10 Å². The van der Waals surface area contributed by atoms with E-state index < -0.39 is 0 Å². The first kappa shape index (κ1) is 10.5. The second-order valence-corrected chi connectivity index (χ2v) is 4.46. The molecule has 2 rings (SSSR count). The van der Waals surface area contributed by atoms with Crippen LogP contribution >= 0.6 is 0 Å². The van der Waals surface area contributed by atoms with Gasteiger partial charge < -0.3 is 10.0 Å². The van der Waals surface area contributed by atoms with E-state index in [1.54, 1.807) is 6.92 Å². The average molecular weight is 205 g/mol. The zero-order valence-corrected chi connectivity index (χ0v) is 9.48. The Morgan fingerprint density at radius 3 is 2.27 bits per heavy atom. The number of benzene rings is 1. The summed E-state index contributed by atoms with van der Waals surface area (Å²) in [5.41, 5.74) is 2.24. The quantitative estimate of drug-likeness (QED) is 0.820. The highest BCUT2D eigenvalue weighted by molar-refractivity contribution is 5.48. The van der Waals surface area contributed by atoms with Gasteiger partial charge >= 0.3 is 0 Å². The van der Waals surface area contributed by atoms with Gasteiger partial charge in [0.25, 0.3) is 0 Å². The lowest BCUT2D eigenvalue weighted by molar-refractivity contribution is 0.199. The molecular weight excluding hydrogens is 186 g/mol. The molecule has 0 bridgehead atoms. The summed E-state index contributed by atoms with van der Waals surface area (Å²) < 4.78 is 0. The molecule has 0 aliphatic heterocycles. The van der Waals surface area contributed by atoms with Crippen molar-refractivity contribution in [2.45, 2.75) is 38.3 Å². The SMILES string of the molecule is C[C@H](O)c1ccc(N(C)C2CCC2)cc1. The van der Waals surface area contributed by atoms with Crippen molar-refractivity contribution in [3.05, 3.63) is 29.8 Å². The molecule has 1 saturated carbocycles. The third kappa shape index (κ3) is 2.15. The zero-order valence-electron chi connectivity index (χ0n) is 9.48. The Morgan fingerprint density at radius 2 is 1.87 bits per heavy atom. The van der Waals surface area contributed by atoms with Crippen LogP contribution in [0.3, 0.4) is 0 Å². The lowest BCUT2D eigenvalue weighted by atomic mass is 9.91. The van der Waals surface area contributed by atoms with Crippen molar-refractivity contribution in [2.24, 2.45) is 0 Å². The Kier molecular flexibility index (Phi) is 2.96. The lowest BCUT2D eigenvalue weighted by Crippen LogP contribution is -2.37. The molecule has 0 heterocycles. The molecule has 1 aromatic carbocycles. The molecule has 1 aliphatic carbocycles. The molecule has 1 fully saturated rings. The van der Waals surface area contributed by atoms with Gasteiger partial charge in [0.2, 0.25) is 0 Å². The van der Waals surface area contributed by atoms with Crippen molar-refractivity contribution < 1.29 is 5.11 Å². The van der Waals surface area contributed by atoms with Gasteiger partial charge in [0.15, 0.2) is 0 Å². The second kappa shape index (κ2) is 4.23. The Labute approximate surface area is 91.5 Å². The average Bonchev–Trinajstić information content (AvgIpc) is 2.15. The highest BCUT2D eigenvalue weighted by Gasteiger charge is 2.22. The van der Waals surface area contributed by atoms with E-state index in [0.717, 1.165) is 11.6 Å². The number of aliphatic hydroxyl groups excluding tert-OH is 1. The molecule has 1 aromatic rings. The summed E-state index contributed by atoms with van der Waals surface area (Å²) in [6.07, 6.45) is 3.62. The lowest BCUT2D eigenvalue weighted by Gasteiger charge is -2.36. The van der Waals surface area contributed by atoms with Gasteiger partial charge in [0.1, 0.15) is 0 Å². The third-order valence-corrected chi connectivity index (χ3v) is 3.41. The van der Waals surface area contributed by atoms with E-state index in [0.29, 0.717) is 0 Å². The third-order valence-electron chi connectivity index (χ3n) is 3.41. The molecular formula is C13H19NO. The summed E-state index contributed by atoms with van der Waals surface area (Å²) in [6.45, 7) is 1.80. The second-order valence-electron chi connectivity index (χ2n) is 4.46. The van der Waals surface area contributed by atoms with Crippen LogP contribution in [0.4, 0.5) is 5.69 Å². The number of anilines is 1. The molecule has 0 unspecified atom stereocenters. The molecule has 2 nitrogen and oxygen atoms in total. The number of hydrogen-bond donors (Lipinski definition) is 1. The van der Waals surface area contributed by atoms with Crippen molar-refractivity contribution >= 4 is 5.69 Å². The molecule has 1 N–H and O–H groups in total. The van der Waals surface area contributed by atoms with E-state index in [4.69, 9.17) is 0 Å². The summed E-state index contributed by atoms with van der Waals surface area (Å²) in [4.78, 5) is 2.34. The van der Waals surface area contributed by atoms with Gasteiger partial charge in [-0.3, -0.25) is 0 Å². The molecule has 0 saturated heterocycles. The molecule has 1 atom stereocenters. The van der Waals surface area contributed by atoms with Crippen LogP contribution in [-0.2, 0) is 0 Å². The summed E-state index contributed by atoms with van der Waals surface area (Å²) in [5, 5.41) is 9.41. The van der Waals surface area contributed by atoms with E-state index in [9.17, 15) is 5.11 Å². The number of hydrogen-bond acceptors (Lipinski definition) is 2. The summed E-state index contributed by atoms with van der Waals surface area (Å²) in [6, 6.07) is 8.94. The Hall–Kier alpha value is -1.02. The minimum absolute atomic E-state index is 0.368. The molecule has 0 radical (unpaired) electrons. The first-order valence-electron chi connectivity index (χ1n) is 5.69. The van der Waals surface area contributed by atoms with E-state index in [-0.39, 0.29) is 6.10 Å². The van der Waals surface area contributed by atoms with Gasteiger partial charge in [-0.25, -0.2) is 0 Å². The summed E-state index contributed by atoms with van der Waals surface area (Å²) in [7, 11) is 2.15. The molecule has 82 valence electrons. The largest absolute Gasteiger partial charge is 0.389 e. The van der Waals surface area contributed by atoms with Gasteiger partial charge in [-0.1, -0.05) is 12.1 Å². The summed E-state index contributed by atoms with van der Waals surface area (Å²) >= 11 is 0. The van der Waals surface area contributed by atoms with Crippen LogP contribution in [0, 0.1) is 0 Å². The van der Waals surface area contributed by atoms with Gasteiger partial charge in [-0.2, -0.15) is 0 Å². The maximum absolute atomic E-state index is 9.41. The Balaban J connectivity index is 2.08. The van der Waals surface area contributed by atoms with Crippen molar-refractivity contribution in [1.29, 1.82) is 0 Å². The van der Waals surface area contributed by atoms with Crippen LogP contribution in [0.5, 0.6) is 0 Å². The van der Waals surface area contributed by atoms with Crippen LogP contribution < -0.4 is 4.90 Å². The topological polar surface area (TPSA) is 23.5 Å². The van der Waals surface area contributed by atoms with Crippen LogP contribution in [0.25, 0.3) is 0 Å². The van der Waals surface area contributed by atoms with Crippen LogP contribution in [0.2, 0.25) is 0 Å². The van der Waals surface area contributed by atoms with Crippen LogP contribution in [-0.4, -0.2) is 18.2 Å². The minimum atomic E-state index is -0.368. The van der Waals surface area contributed by atoms with Crippen molar-refractivity contribution in [3.8, 4) is 0 Å². The first-order chi connectivity index (χ1) is 7.18. The fourth-order valence-corrected chi connectivity index (χ4v) is 1.97. The van der Waals surface area contributed by atoms with Gasteiger partial charge in [0, 0.05) is 18.8 Å². The van der Waals surface area contributed by atoms with Crippen LogP contribution in [0.15, 0.2) is 24.3 Å². The maximum Gasteiger partial charge on any atom is 0.0761 e. The molecule has 0 amide bonds. The standard InChI is InChI=1S/C13H19NO/c1-10(15)11-6-8-13(9-7-11)14(2)12-4-3-5-12/h6-10,12,15H,3-5H2,1-2H3/t10-/m0/s1. The monoisotopic (exact) mass is 205 g/mol. The zero-order chi connectivity index (χ0) is 10.8. The molecule has 1 aliphatic rings. The summed E-state index contributed by atoms with van der Waals surface area (Å²) in [5.74, 6) is 0. The molecule has 0 aromatic heterocycles. The highest BCUT2D eigenvalue weighted by atomic mass is 16.3. The van der Waals surface area contributed by atoms with E-state index >= 15 is 0 Å². The normalized spacial score (nSPS) is 18.3. The number of nitrogens with zero attached hydrogens (tertiary/aromatic N) is 1. The Morgan fingerprint density at radius 1 is 1.27 bits per heavy atom. The van der Waals surface area contributed by atoms with Crippen molar-refractivity contribution in [2.75, 3.05) is 11.9 Å². The molecule has 0 spiro atoms. The number of aliphatic hydroxyl groups is 1. The van der Waals surface area contributed by atoms with E-state index in [2.05, 4.69) is 24.1 Å². The predicted octanol–water partition coefficient (Wildman–Crippen LogP) is 2.73. The highest BCUT2D eigenvalue weighted by Crippen LogP contribution is 2.28. The minimum Gasteiger partial charge on any atom is -0.389 e. The van der Waals surface area contributed by atoms with Gasteiger partial charge in [-0.15, -0.1) is 0 Å². The predicted molar refractivity (Wildman–Crippen MR) is 63.1 cm³/mol. The fraction of sp³-hybridized carbons (Fsp3) is 0.538. The Bertz CT molecular complexity index is 314. The fourth-order valence-electron chi connectivity index (χ4n) is 1.97. The smallest absolute Gasteiger partial charge is 0.0761 e. The van der Waals surface area contributed by atoms with Crippen LogP contribution in [0.1, 0.15) is 37.9 Å². The van der Waals surface area contributed by atoms with E-state index in [1.165, 1.54) is 24.9 Å². The number of rotatable bonds is 3. The molecule has 15 heavy (non-hydrogen) atoms. The molecule has 2 heteroatoms.